The van der Waals surface area contributed by atoms with E-state index in [1.807, 2.05) is 0 Å². The average molecular weight is 533 g/mol. The number of phosphoric acid groups is 3. The van der Waals surface area contributed by atoms with Crippen LogP contribution in [0, 0.1) is 0 Å². The molecule has 0 saturated carbocycles. The summed E-state index contributed by atoms with van der Waals surface area (Å²) in [6.45, 7) is 0.284. The molecule has 2 aliphatic heterocycles. The normalized spacial score (nSPS) is 33.3. The van der Waals surface area contributed by atoms with Crippen LogP contribution in [0.5, 0.6) is 0 Å². The van der Waals surface area contributed by atoms with Crippen molar-refractivity contribution < 1.29 is 61.0 Å². The fraction of sp³-hybridized carbons (Fsp3) is 0.583. The first-order valence-corrected chi connectivity index (χ1v) is 13.3. The molecule has 6 atom stereocenters. The van der Waals surface area contributed by atoms with Gasteiger partial charge in [-0.05, 0) is 6.92 Å². The van der Waals surface area contributed by atoms with Crippen LogP contribution in [0.1, 0.15) is 13.2 Å². The molecule has 184 valence electrons. The van der Waals surface area contributed by atoms with E-state index < -0.39 is 53.6 Å². The van der Waals surface area contributed by atoms with Crippen LogP contribution in [0.25, 0.3) is 11.2 Å². The molecule has 2 aromatic heterocycles. The Bertz CT molecular complexity index is 1230. The fourth-order valence-corrected chi connectivity index (χ4v) is 6.70. The number of imidazole rings is 1. The molecule has 2 saturated heterocycles. The zero-order valence-electron chi connectivity index (χ0n) is 16.4. The maximum Gasteiger partial charge on any atom is 0.490 e. The van der Waals surface area contributed by atoms with Crippen molar-refractivity contribution in [2.75, 3.05) is 18.9 Å². The van der Waals surface area contributed by atoms with Crippen LogP contribution in [0.15, 0.2) is 12.7 Å². The molecule has 0 spiro atoms. The first kappa shape index (κ1) is 24.8. The fourth-order valence-electron chi connectivity index (χ4n) is 3.63. The lowest BCUT2D eigenvalue weighted by molar-refractivity contribution is -0.210. The molecular formula is C12H18N5O13P3. The van der Waals surface area contributed by atoms with E-state index in [0.717, 1.165) is 0 Å². The van der Waals surface area contributed by atoms with Crippen LogP contribution in [-0.2, 0) is 36.3 Å². The second kappa shape index (κ2) is 7.83. The highest BCUT2D eigenvalue weighted by Gasteiger charge is 2.69. The minimum Gasteiger partial charge on any atom is -0.387 e. The van der Waals surface area contributed by atoms with Crippen LogP contribution in [-0.4, -0.2) is 74.7 Å². The Kier molecular flexibility index (Phi) is 5.87. The summed E-state index contributed by atoms with van der Waals surface area (Å²) < 4.78 is 59.3. The predicted molar refractivity (Wildman–Crippen MR) is 103 cm³/mol. The van der Waals surface area contributed by atoms with Gasteiger partial charge in [-0.3, -0.25) is 9.09 Å². The standard InChI is InChI=1S/C12H18N5O13P3/c1-11-9(18)12(2-26-11,3-27-32(22,23)30-33(24,25)29-31(19,20)21)28-10(11)17-5-16-6-7(13)14-4-15-8(6)17/h4-5,9-10,18H,2-3H2,1H3,(H,22,23)(H,24,25)(H2,13,14,15)(H2,19,20,21)/t9-,10+,11+,12+/m0/s1. The van der Waals surface area contributed by atoms with Gasteiger partial charge in [0, 0.05) is 0 Å². The number of hydrogen-bond donors (Lipinski definition) is 6. The van der Waals surface area contributed by atoms with Crippen molar-refractivity contribution in [1.29, 1.82) is 0 Å². The van der Waals surface area contributed by atoms with Crippen LogP contribution < -0.4 is 5.73 Å². The van der Waals surface area contributed by atoms with E-state index in [-0.39, 0.29) is 23.6 Å². The smallest absolute Gasteiger partial charge is 0.387 e. The summed E-state index contributed by atoms with van der Waals surface area (Å²) in [6.07, 6.45) is -0.00399. The van der Waals surface area contributed by atoms with Crippen LogP contribution in [0.2, 0.25) is 0 Å². The number of nitrogen functional groups attached to an aromatic ring is 1. The van der Waals surface area contributed by atoms with E-state index in [4.69, 9.17) is 25.0 Å². The van der Waals surface area contributed by atoms with Crippen LogP contribution in [0.3, 0.4) is 0 Å². The monoisotopic (exact) mass is 533 g/mol. The number of nitrogens with zero attached hydrogens (tertiary/aromatic N) is 4. The Morgan fingerprint density at radius 1 is 1.18 bits per heavy atom. The van der Waals surface area contributed by atoms with Gasteiger partial charge in [0.25, 0.3) is 0 Å². The van der Waals surface area contributed by atoms with Gasteiger partial charge in [-0.2, -0.15) is 8.62 Å². The van der Waals surface area contributed by atoms with Crippen LogP contribution >= 0.6 is 23.5 Å². The highest BCUT2D eigenvalue weighted by Crippen LogP contribution is 2.67. The molecule has 7 N–H and O–H groups in total. The number of rotatable bonds is 8. The van der Waals surface area contributed by atoms with E-state index in [1.54, 1.807) is 0 Å². The molecule has 2 aromatic rings. The number of anilines is 1. The largest absolute Gasteiger partial charge is 0.490 e. The molecule has 4 rings (SSSR count). The molecule has 0 aromatic carbocycles. The highest BCUT2D eigenvalue weighted by atomic mass is 31.3. The summed E-state index contributed by atoms with van der Waals surface area (Å²) in [5.74, 6) is 0.0934. The van der Waals surface area contributed by atoms with Crippen molar-refractivity contribution in [2.45, 2.75) is 30.5 Å². The summed E-state index contributed by atoms with van der Waals surface area (Å²) in [6, 6.07) is 0. The lowest BCUT2D eigenvalue weighted by Gasteiger charge is -2.34. The second-order valence-electron chi connectivity index (χ2n) is 7.36. The number of phosphoric ester groups is 1. The summed E-state index contributed by atoms with van der Waals surface area (Å²) in [4.78, 5) is 48.2. The Balaban J connectivity index is 1.54. The number of aliphatic hydroxyl groups is 1. The third-order valence-electron chi connectivity index (χ3n) is 5.03. The number of fused-ring (bicyclic) bond motifs is 3. The van der Waals surface area contributed by atoms with Crippen molar-refractivity contribution in [3.05, 3.63) is 12.7 Å². The molecule has 18 nitrogen and oxygen atoms in total. The summed E-state index contributed by atoms with van der Waals surface area (Å²) in [7, 11) is -16.7. The minimum atomic E-state index is -5.70. The maximum atomic E-state index is 12.1. The Hall–Kier alpha value is -1.36. The topological polar surface area (TPSA) is 268 Å². The zero-order chi connectivity index (χ0) is 24.4. The summed E-state index contributed by atoms with van der Waals surface area (Å²) >= 11 is 0. The lowest BCUT2D eigenvalue weighted by atomic mass is 9.92. The van der Waals surface area contributed by atoms with Crippen molar-refractivity contribution in [3.8, 4) is 0 Å². The molecule has 0 amide bonds. The predicted octanol–water partition coefficient (Wildman–Crippen LogP) is -0.831. The number of aromatic nitrogens is 4. The Morgan fingerprint density at radius 3 is 2.55 bits per heavy atom. The van der Waals surface area contributed by atoms with E-state index in [0.29, 0.717) is 0 Å². The van der Waals surface area contributed by atoms with Gasteiger partial charge in [0.2, 0.25) is 0 Å². The SMILES string of the molecule is C[C@]12OC[C@](COP(=O)(O)OP(=O)(O)OP(=O)(O)O)(O[C@H]1n1cnc3c(N)ncnc31)[C@H]2O. The number of nitrogens with two attached hydrogens (primary N) is 1. The van der Waals surface area contributed by atoms with Gasteiger partial charge in [-0.1, -0.05) is 0 Å². The van der Waals surface area contributed by atoms with Gasteiger partial charge in [0.05, 0.1) is 19.5 Å². The molecule has 0 aliphatic carbocycles. The number of aliphatic hydroxyl groups excluding tert-OH is 1. The first-order chi connectivity index (χ1) is 15.1. The Morgan fingerprint density at radius 2 is 1.88 bits per heavy atom. The molecule has 33 heavy (non-hydrogen) atoms. The van der Waals surface area contributed by atoms with Crippen LogP contribution in [0.4, 0.5) is 5.82 Å². The van der Waals surface area contributed by atoms with E-state index in [1.165, 1.54) is 24.1 Å². The van der Waals surface area contributed by atoms with Gasteiger partial charge >= 0.3 is 23.5 Å². The lowest BCUT2D eigenvalue weighted by Crippen LogP contribution is -2.45. The zero-order valence-corrected chi connectivity index (χ0v) is 19.1. The highest BCUT2D eigenvalue weighted by molar-refractivity contribution is 7.66. The van der Waals surface area contributed by atoms with Crippen molar-refractivity contribution in [2.24, 2.45) is 0 Å². The molecule has 21 heteroatoms. The van der Waals surface area contributed by atoms with Gasteiger partial charge in [0.1, 0.15) is 29.2 Å². The molecule has 0 radical (unpaired) electrons. The molecule has 2 fully saturated rings. The van der Waals surface area contributed by atoms with E-state index in [2.05, 4.69) is 28.1 Å². The van der Waals surface area contributed by atoms with E-state index in [9.17, 15) is 28.6 Å². The minimum absolute atomic E-state index is 0.0934. The number of ether oxygens (including phenoxy) is 2. The molecule has 2 unspecified atom stereocenters. The Labute approximate surface area is 183 Å². The van der Waals surface area contributed by atoms with Gasteiger partial charge < -0.3 is 39.9 Å². The second-order valence-corrected chi connectivity index (χ2v) is 11.8. The van der Waals surface area contributed by atoms with Gasteiger partial charge in [0.15, 0.2) is 17.7 Å². The third kappa shape index (κ3) is 4.51. The molecule has 2 aliphatic rings. The molecular weight excluding hydrogens is 515 g/mol. The van der Waals surface area contributed by atoms with Gasteiger partial charge in [-0.15, -0.1) is 0 Å². The third-order valence-corrected chi connectivity index (χ3v) is 8.82. The van der Waals surface area contributed by atoms with Crippen molar-refractivity contribution >= 4 is 40.4 Å². The maximum absolute atomic E-state index is 12.1. The van der Waals surface area contributed by atoms with Crippen molar-refractivity contribution in [3.63, 3.8) is 0 Å². The van der Waals surface area contributed by atoms with Crippen molar-refractivity contribution in [1.82, 2.24) is 19.5 Å². The van der Waals surface area contributed by atoms with E-state index >= 15 is 0 Å². The number of hydrogen-bond acceptors (Lipinski definition) is 13. The first-order valence-electron chi connectivity index (χ1n) is 8.79. The summed E-state index contributed by atoms with van der Waals surface area (Å²) in [5.41, 5.74) is 3.12. The molecule has 2 bridgehead atoms. The molecule has 4 heterocycles. The summed E-state index contributed by atoms with van der Waals surface area (Å²) in [5, 5.41) is 10.9. The van der Waals surface area contributed by atoms with Gasteiger partial charge in [-0.25, -0.2) is 28.6 Å². The quantitative estimate of drug-likeness (QED) is 0.226. The average Bonchev–Trinajstić information content (AvgIpc) is 3.25.